The van der Waals surface area contributed by atoms with Crippen molar-refractivity contribution in [1.82, 2.24) is 0 Å². The Balaban J connectivity index is 0.000000500. The molecule has 2 aromatic rings. The van der Waals surface area contributed by atoms with Crippen LogP contribution in [0.1, 0.15) is 0 Å². The van der Waals surface area contributed by atoms with Crippen LogP contribution in [-0.4, -0.2) is 0 Å². The van der Waals surface area contributed by atoms with E-state index >= 15 is 0 Å². The molecule has 0 aliphatic rings. The number of fused-ring (bicyclic) bond motifs is 1. The van der Waals surface area contributed by atoms with Crippen molar-refractivity contribution in [1.29, 1.82) is 0 Å². The number of furan rings is 1. The van der Waals surface area contributed by atoms with E-state index in [-0.39, 0.29) is 18.9 Å². The van der Waals surface area contributed by atoms with Gasteiger partial charge in [-0.25, -0.2) is 0 Å². The van der Waals surface area contributed by atoms with E-state index in [0.29, 0.717) is 0 Å². The van der Waals surface area contributed by atoms with Gasteiger partial charge in [0.15, 0.2) is 0 Å². The number of para-hydroxylation sites is 1. The van der Waals surface area contributed by atoms with Gasteiger partial charge < -0.3 is 4.42 Å². The van der Waals surface area contributed by atoms with Gasteiger partial charge in [0.1, 0.15) is 0 Å². The molecule has 0 aliphatic heterocycles. The first kappa shape index (κ1) is 7.46. The molecule has 0 saturated carbocycles. The number of benzene rings is 1. The number of hydrogen-bond donors (Lipinski definition) is 0. The topological polar surface area (TPSA) is 13.1 Å². The predicted molar refractivity (Wildman–Crippen MR) is 35.1 cm³/mol. The summed E-state index contributed by atoms with van der Waals surface area (Å²) in [5.74, 6) is 0. The van der Waals surface area contributed by atoms with E-state index in [0.717, 1.165) is 11.0 Å². The van der Waals surface area contributed by atoms with E-state index in [1.54, 1.807) is 6.26 Å². The van der Waals surface area contributed by atoms with Gasteiger partial charge >= 0.3 is 18.9 Å². The van der Waals surface area contributed by atoms with E-state index < -0.39 is 0 Å². The molecule has 0 radical (unpaired) electrons. The third kappa shape index (κ3) is 1.11. The summed E-state index contributed by atoms with van der Waals surface area (Å²) in [5.41, 5.74) is 0.900. The number of rotatable bonds is 0. The van der Waals surface area contributed by atoms with E-state index in [1.165, 1.54) is 0 Å². The van der Waals surface area contributed by atoms with Crippen LogP contribution in [0.4, 0.5) is 0 Å². The fourth-order valence-electron chi connectivity index (χ4n) is 0.845. The molecule has 10 heavy (non-hydrogen) atoms. The van der Waals surface area contributed by atoms with Crippen LogP contribution in [0.3, 0.4) is 0 Å². The van der Waals surface area contributed by atoms with Gasteiger partial charge in [0.2, 0.25) is 0 Å². The Morgan fingerprint density at radius 1 is 1.20 bits per heavy atom. The molecule has 0 saturated heterocycles. The molecule has 0 spiro atoms. The average molecular weight is 124 g/mol. The molecule has 0 amide bonds. The molecule has 0 aliphatic carbocycles. The van der Waals surface area contributed by atoms with Gasteiger partial charge in [0.25, 0.3) is 0 Å². The molecule has 2 heteroatoms. The maximum atomic E-state index is 5.06. The van der Waals surface area contributed by atoms with Crippen LogP contribution in [0.15, 0.2) is 34.9 Å². The smallest absolute Gasteiger partial charge is 0.536 e. The summed E-state index contributed by atoms with van der Waals surface area (Å²) in [4.78, 5) is 0. The fraction of sp³-hybridized carbons (Fsp3) is 0. The van der Waals surface area contributed by atoms with Gasteiger partial charge in [-0.2, -0.15) is 6.07 Å². The summed E-state index contributed by atoms with van der Waals surface area (Å²) >= 11 is 0. The van der Waals surface area contributed by atoms with Crippen LogP contribution in [0.5, 0.6) is 0 Å². The average Bonchev–Trinajstić information content (AvgIpc) is 2.33. The first-order chi connectivity index (χ1) is 4.47. The molecule has 1 heterocycles. The fourth-order valence-corrected chi connectivity index (χ4v) is 0.845. The summed E-state index contributed by atoms with van der Waals surface area (Å²) in [6, 6.07) is 10.8. The van der Waals surface area contributed by atoms with Crippen LogP contribution in [0, 0.1) is 6.07 Å². The first-order valence-electron chi connectivity index (χ1n) is 2.81. The zero-order chi connectivity index (χ0) is 6.10. The SMILES string of the molecule is [Li+].[c-]1coc2ccccc12. The van der Waals surface area contributed by atoms with Gasteiger partial charge in [0.05, 0.1) is 0 Å². The third-order valence-corrected chi connectivity index (χ3v) is 1.29. The standard InChI is InChI=1S/C8H5O.Li/c1-2-4-8-7(3-1)5-6-9-8;/h1-4,6H;/q-1;+1. The summed E-state index contributed by atoms with van der Waals surface area (Å²) in [7, 11) is 0. The molecular formula is C8H5LiO. The summed E-state index contributed by atoms with van der Waals surface area (Å²) < 4.78 is 5.06. The second kappa shape index (κ2) is 2.96. The Bertz CT molecular complexity index is 283. The Labute approximate surface area is 71.2 Å². The van der Waals surface area contributed by atoms with E-state index in [1.807, 2.05) is 24.3 Å². The van der Waals surface area contributed by atoms with Crippen LogP contribution in [0.2, 0.25) is 0 Å². The minimum absolute atomic E-state index is 0. The van der Waals surface area contributed by atoms with Crippen LogP contribution in [-0.2, 0) is 0 Å². The van der Waals surface area contributed by atoms with Crippen molar-refractivity contribution in [3.8, 4) is 0 Å². The molecule has 44 valence electrons. The van der Waals surface area contributed by atoms with Gasteiger partial charge in [-0.05, 0) is 0 Å². The third-order valence-electron chi connectivity index (χ3n) is 1.29. The first-order valence-corrected chi connectivity index (χ1v) is 2.81. The predicted octanol–water partition coefficient (Wildman–Crippen LogP) is -0.763. The molecule has 0 atom stereocenters. The molecular weight excluding hydrogens is 119 g/mol. The van der Waals surface area contributed by atoms with E-state index in [9.17, 15) is 0 Å². The second-order valence-electron chi connectivity index (χ2n) is 1.88. The molecule has 1 aromatic heterocycles. The maximum absolute atomic E-state index is 5.06. The monoisotopic (exact) mass is 124 g/mol. The maximum Gasteiger partial charge on any atom is 1.00 e. The second-order valence-corrected chi connectivity index (χ2v) is 1.88. The minimum atomic E-state index is 0. The zero-order valence-electron chi connectivity index (χ0n) is 5.79. The number of hydrogen-bond acceptors (Lipinski definition) is 1. The largest absolute Gasteiger partial charge is 1.00 e. The van der Waals surface area contributed by atoms with Crippen molar-refractivity contribution in [3.63, 3.8) is 0 Å². The summed E-state index contributed by atoms with van der Waals surface area (Å²) in [6.45, 7) is 0. The summed E-state index contributed by atoms with van der Waals surface area (Å²) in [6.07, 6.45) is 1.57. The summed E-state index contributed by atoms with van der Waals surface area (Å²) in [5, 5.41) is 1.04. The van der Waals surface area contributed by atoms with E-state index in [2.05, 4.69) is 6.07 Å². The molecule has 2 rings (SSSR count). The van der Waals surface area contributed by atoms with Crippen molar-refractivity contribution >= 4 is 11.0 Å². The van der Waals surface area contributed by atoms with Crippen LogP contribution in [0.25, 0.3) is 11.0 Å². The molecule has 0 bridgehead atoms. The minimum Gasteiger partial charge on any atom is -0.536 e. The normalized spacial score (nSPS) is 9.20. The molecule has 1 nitrogen and oxygen atoms in total. The van der Waals surface area contributed by atoms with Gasteiger partial charge in [-0.3, -0.25) is 0 Å². The van der Waals surface area contributed by atoms with Crippen LogP contribution < -0.4 is 18.9 Å². The quantitative estimate of drug-likeness (QED) is 0.332. The van der Waals surface area contributed by atoms with Crippen molar-refractivity contribution in [2.24, 2.45) is 0 Å². The van der Waals surface area contributed by atoms with Gasteiger partial charge in [0, 0.05) is 11.8 Å². The van der Waals surface area contributed by atoms with Crippen molar-refractivity contribution in [2.75, 3.05) is 0 Å². The molecule has 0 fully saturated rings. The van der Waals surface area contributed by atoms with Gasteiger partial charge in [-0.1, -0.05) is 12.1 Å². The van der Waals surface area contributed by atoms with Gasteiger partial charge in [-0.15, -0.1) is 17.5 Å². The van der Waals surface area contributed by atoms with E-state index in [4.69, 9.17) is 4.42 Å². The Morgan fingerprint density at radius 2 is 2.00 bits per heavy atom. The Kier molecular flexibility index (Phi) is 2.21. The van der Waals surface area contributed by atoms with Crippen molar-refractivity contribution in [3.05, 3.63) is 36.6 Å². The van der Waals surface area contributed by atoms with Crippen molar-refractivity contribution < 1.29 is 23.3 Å². The molecule has 1 aromatic carbocycles. The Morgan fingerprint density at radius 3 is 2.80 bits per heavy atom. The Hall–Kier alpha value is -0.643. The zero-order valence-corrected chi connectivity index (χ0v) is 5.79. The van der Waals surface area contributed by atoms with Crippen molar-refractivity contribution in [2.45, 2.75) is 0 Å². The molecule has 0 N–H and O–H groups in total. The molecule has 0 unspecified atom stereocenters. The van der Waals surface area contributed by atoms with Crippen LogP contribution >= 0.6 is 0 Å².